The van der Waals surface area contributed by atoms with Crippen LogP contribution in [0.4, 0.5) is 13.2 Å². The molecule has 9 heteroatoms. The Kier molecular flexibility index (Phi) is 8.55. The molecule has 1 heterocycles. The maximum atomic E-state index is 13.0. The van der Waals surface area contributed by atoms with Crippen molar-refractivity contribution < 1.29 is 21.6 Å². The van der Waals surface area contributed by atoms with Crippen molar-refractivity contribution in [1.82, 2.24) is 9.62 Å². The van der Waals surface area contributed by atoms with Gasteiger partial charge in [-0.25, -0.2) is 13.1 Å². The van der Waals surface area contributed by atoms with E-state index in [1.54, 1.807) is 13.0 Å². The maximum Gasteiger partial charge on any atom is 0.416 e. The molecule has 0 bridgehead atoms. The first-order valence-corrected chi connectivity index (χ1v) is 11.9. The Balaban J connectivity index is 0.00000341. The largest absolute Gasteiger partial charge is 0.416 e. The quantitative estimate of drug-likeness (QED) is 0.629. The molecular weight excluding hydrogens is 449 g/mol. The van der Waals surface area contributed by atoms with Crippen molar-refractivity contribution in [3.8, 4) is 0 Å². The molecule has 0 unspecified atom stereocenters. The molecule has 0 aromatic heterocycles. The molecule has 3 rings (SSSR count). The van der Waals surface area contributed by atoms with Crippen molar-refractivity contribution in [2.24, 2.45) is 0 Å². The highest BCUT2D eigenvalue weighted by atomic mass is 35.5. The van der Waals surface area contributed by atoms with Gasteiger partial charge in [0.2, 0.25) is 10.0 Å². The molecule has 4 nitrogen and oxygen atoms in total. The van der Waals surface area contributed by atoms with Crippen LogP contribution in [0.2, 0.25) is 0 Å². The summed E-state index contributed by atoms with van der Waals surface area (Å²) >= 11 is 0. The van der Waals surface area contributed by atoms with Crippen molar-refractivity contribution in [2.75, 3.05) is 19.3 Å². The highest BCUT2D eigenvalue weighted by molar-refractivity contribution is 7.88. The molecule has 1 aliphatic heterocycles. The highest BCUT2D eigenvalue weighted by Gasteiger charge is 2.31. The minimum Gasteiger partial charge on any atom is -0.299 e. The third-order valence-electron chi connectivity index (χ3n) is 5.55. The van der Waals surface area contributed by atoms with Crippen LogP contribution in [-0.2, 0) is 22.7 Å². The summed E-state index contributed by atoms with van der Waals surface area (Å²) in [4.78, 5) is 2.30. The zero-order chi connectivity index (χ0) is 21.9. The SMILES string of the molecule is C[C@@H](NS(C)(=O)=O)c1ccc(CN2CCC(c3cccc(C(F)(F)F)c3)CC2)cc1.Cl. The number of benzene rings is 2. The molecule has 1 atom stereocenters. The van der Waals surface area contributed by atoms with Gasteiger partial charge in [0.25, 0.3) is 0 Å². The first-order chi connectivity index (χ1) is 14.0. The van der Waals surface area contributed by atoms with Crippen molar-refractivity contribution in [2.45, 2.75) is 44.4 Å². The molecule has 0 amide bonds. The average Bonchev–Trinajstić information content (AvgIpc) is 2.67. The van der Waals surface area contributed by atoms with E-state index in [-0.39, 0.29) is 24.4 Å². The van der Waals surface area contributed by atoms with E-state index in [2.05, 4.69) is 9.62 Å². The Labute approximate surface area is 188 Å². The Morgan fingerprint density at radius 3 is 2.26 bits per heavy atom. The molecule has 172 valence electrons. The lowest BCUT2D eigenvalue weighted by molar-refractivity contribution is -0.137. The number of hydrogen-bond acceptors (Lipinski definition) is 3. The number of nitrogens with zero attached hydrogens (tertiary/aromatic N) is 1. The van der Waals surface area contributed by atoms with Crippen molar-refractivity contribution in [1.29, 1.82) is 0 Å². The van der Waals surface area contributed by atoms with Gasteiger partial charge in [-0.2, -0.15) is 13.2 Å². The average molecular weight is 477 g/mol. The molecule has 1 N–H and O–H groups in total. The summed E-state index contributed by atoms with van der Waals surface area (Å²) in [6.07, 6.45) is -1.51. The minimum absolute atomic E-state index is 0. The zero-order valence-electron chi connectivity index (χ0n) is 17.5. The van der Waals surface area contributed by atoms with Crippen molar-refractivity contribution in [3.63, 3.8) is 0 Å². The van der Waals surface area contributed by atoms with E-state index in [4.69, 9.17) is 0 Å². The number of alkyl halides is 3. The van der Waals surface area contributed by atoms with Crippen LogP contribution in [0.3, 0.4) is 0 Å². The zero-order valence-corrected chi connectivity index (χ0v) is 19.2. The predicted molar refractivity (Wildman–Crippen MR) is 119 cm³/mol. The van der Waals surface area contributed by atoms with E-state index >= 15 is 0 Å². The Bertz CT molecular complexity index is 957. The van der Waals surface area contributed by atoms with Gasteiger partial charge in [0.1, 0.15) is 0 Å². The van der Waals surface area contributed by atoms with Gasteiger partial charge in [-0.15, -0.1) is 12.4 Å². The van der Waals surface area contributed by atoms with Gasteiger partial charge in [-0.1, -0.05) is 42.5 Å². The second-order valence-electron chi connectivity index (χ2n) is 8.03. The minimum atomic E-state index is -4.31. The highest BCUT2D eigenvalue weighted by Crippen LogP contribution is 2.34. The second kappa shape index (κ2) is 10.3. The first-order valence-electron chi connectivity index (χ1n) is 9.97. The van der Waals surface area contributed by atoms with E-state index in [0.717, 1.165) is 61.5 Å². The van der Waals surface area contributed by atoms with Gasteiger partial charge >= 0.3 is 6.18 Å². The fraction of sp³-hybridized carbons (Fsp3) is 0.455. The van der Waals surface area contributed by atoms with Crippen LogP contribution in [0.5, 0.6) is 0 Å². The second-order valence-corrected chi connectivity index (χ2v) is 9.81. The predicted octanol–water partition coefficient (Wildman–Crippen LogP) is 5.12. The van der Waals surface area contributed by atoms with Crippen LogP contribution in [-0.4, -0.2) is 32.7 Å². The van der Waals surface area contributed by atoms with Crippen LogP contribution in [0.25, 0.3) is 0 Å². The third-order valence-corrected chi connectivity index (χ3v) is 6.33. The summed E-state index contributed by atoms with van der Waals surface area (Å²) in [6.45, 7) is 4.22. The van der Waals surface area contributed by atoms with E-state index in [1.807, 2.05) is 24.3 Å². The van der Waals surface area contributed by atoms with Gasteiger partial charge in [-0.05, 0) is 61.5 Å². The Hall–Kier alpha value is -1.61. The molecule has 1 saturated heterocycles. The summed E-state index contributed by atoms with van der Waals surface area (Å²) in [5, 5.41) is 0. The molecular formula is C22H28ClF3N2O2S. The summed E-state index contributed by atoms with van der Waals surface area (Å²) in [5.74, 6) is 0.147. The van der Waals surface area contributed by atoms with Crippen LogP contribution < -0.4 is 4.72 Å². The van der Waals surface area contributed by atoms with Gasteiger partial charge < -0.3 is 0 Å². The number of halogens is 4. The molecule has 0 radical (unpaired) electrons. The van der Waals surface area contributed by atoms with E-state index in [9.17, 15) is 21.6 Å². The van der Waals surface area contributed by atoms with Crippen molar-refractivity contribution >= 4 is 22.4 Å². The van der Waals surface area contributed by atoms with Crippen LogP contribution >= 0.6 is 12.4 Å². The number of likely N-dealkylation sites (tertiary alicyclic amines) is 1. The molecule has 0 saturated carbocycles. The van der Waals surface area contributed by atoms with E-state index < -0.39 is 21.8 Å². The van der Waals surface area contributed by atoms with E-state index in [0.29, 0.717) is 0 Å². The fourth-order valence-electron chi connectivity index (χ4n) is 3.95. The molecule has 2 aromatic rings. The Morgan fingerprint density at radius 1 is 1.10 bits per heavy atom. The smallest absolute Gasteiger partial charge is 0.299 e. The van der Waals surface area contributed by atoms with Gasteiger partial charge in [0.05, 0.1) is 11.8 Å². The van der Waals surface area contributed by atoms with Crippen molar-refractivity contribution in [3.05, 3.63) is 70.8 Å². The van der Waals surface area contributed by atoms with Gasteiger partial charge in [-0.3, -0.25) is 4.90 Å². The Morgan fingerprint density at radius 2 is 1.71 bits per heavy atom. The van der Waals surface area contributed by atoms with Gasteiger partial charge in [0.15, 0.2) is 0 Å². The summed E-state index contributed by atoms with van der Waals surface area (Å²) in [6, 6.07) is 13.2. The van der Waals surface area contributed by atoms with Crippen LogP contribution in [0.1, 0.15) is 54.0 Å². The molecule has 0 aliphatic carbocycles. The topological polar surface area (TPSA) is 49.4 Å². The molecule has 0 spiro atoms. The third kappa shape index (κ3) is 7.49. The lowest BCUT2D eigenvalue weighted by atomic mass is 9.88. The molecule has 31 heavy (non-hydrogen) atoms. The standard InChI is InChI=1S/C22H27F3N2O2S.ClH/c1-16(26-30(2,28)29)18-8-6-17(7-9-18)15-27-12-10-19(11-13-27)20-4-3-5-21(14-20)22(23,24)25;/h3-9,14,16,19,26H,10-13,15H2,1-2H3;1H/t16-;/m1./s1. The lowest BCUT2D eigenvalue weighted by Crippen LogP contribution is -2.32. The molecule has 1 fully saturated rings. The summed E-state index contributed by atoms with van der Waals surface area (Å²) in [5.41, 5.74) is 2.21. The number of hydrogen-bond donors (Lipinski definition) is 1. The monoisotopic (exact) mass is 476 g/mol. The number of rotatable bonds is 6. The number of piperidine rings is 1. The summed E-state index contributed by atoms with van der Waals surface area (Å²) < 4.78 is 64.2. The van der Waals surface area contributed by atoms with E-state index in [1.165, 1.54) is 12.1 Å². The first kappa shape index (κ1) is 25.6. The van der Waals surface area contributed by atoms with Crippen LogP contribution in [0, 0.1) is 0 Å². The molecule has 2 aromatic carbocycles. The fourth-order valence-corrected chi connectivity index (χ4v) is 4.73. The normalized spacial score (nSPS) is 17.2. The van der Waals surface area contributed by atoms with Crippen LogP contribution in [0.15, 0.2) is 48.5 Å². The number of sulfonamides is 1. The lowest BCUT2D eigenvalue weighted by Gasteiger charge is -2.32. The van der Waals surface area contributed by atoms with Gasteiger partial charge in [0, 0.05) is 12.6 Å². The summed E-state index contributed by atoms with van der Waals surface area (Å²) in [7, 11) is -3.26. The maximum absolute atomic E-state index is 13.0. The number of nitrogens with one attached hydrogen (secondary N) is 1. The molecule has 1 aliphatic rings.